The average Bonchev–Trinajstić information content (AvgIpc) is 2.93. The molecule has 3 rings (SSSR count). The Morgan fingerprint density at radius 2 is 2.43 bits per heavy atom. The first-order chi connectivity index (χ1) is 6.84. The van der Waals surface area contributed by atoms with Crippen LogP contribution in [0.5, 0.6) is 0 Å². The van der Waals surface area contributed by atoms with Gasteiger partial charge >= 0.3 is 0 Å². The number of aliphatic hydroxyl groups is 1. The minimum atomic E-state index is -0.350. The summed E-state index contributed by atoms with van der Waals surface area (Å²) in [4.78, 5) is 0. The van der Waals surface area contributed by atoms with E-state index < -0.39 is 0 Å². The summed E-state index contributed by atoms with van der Waals surface area (Å²) < 4.78 is 4.99. The predicted octanol–water partition coefficient (Wildman–Crippen LogP) is 1.45. The van der Waals surface area contributed by atoms with Gasteiger partial charge in [0.15, 0.2) is 0 Å². The second kappa shape index (κ2) is 3.11. The van der Waals surface area contributed by atoms with E-state index in [4.69, 9.17) is 4.42 Å². The molecule has 0 aromatic carbocycles. The molecule has 2 saturated heterocycles. The minimum Gasteiger partial charge on any atom is -0.472 e. The summed E-state index contributed by atoms with van der Waals surface area (Å²) in [6, 6.07) is 3.02. The van der Waals surface area contributed by atoms with E-state index in [2.05, 4.69) is 5.32 Å². The fraction of sp³-hybridized carbons (Fsp3) is 0.636. The molecule has 0 spiro atoms. The van der Waals surface area contributed by atoms with E-state index in [0.717, 1.165) is 12.0 Å². The van der Waals surface area contributed by atoms with Crippen molar-refractivity contribution in [1.29, 1.82) is 0 Å². The third kappa shape index (κ3) is 1.20. The Morgan fingerprint density at radius 1 is 1.50 bits per heavy atom. The van der Waals surface area contributed by atoms with Gasteiger partial charge in [0.1, 0.15) is 0 Å². The van der Waals surface area contributed by atoms with Crippen molar-refractivity contribution in [2.45, 2.75) is 37.5 Å². The van der Waals surface area contributed by atoms with Crippen molar-refractivity contribution in [1.82, 2.24) is 5.32 Å². The van der Waals surface area contributed by atoms with E-state index in [9.17, 15) is 5.11 Å². The van der Waals surface area contributed by atoms with E-state index in [1.54, 1.807) is 12.5 Å². The van der Waals surface area contributed by atoms with Crippen LogP contribution in [0.4, 0.5) is 0 Å². The molecule has 1 aromatic rings. The highest BCUT2D eigenvalue weighted by atomic mass is 16.3. The minimum absolute atomic E-state index is 0.350. The number of aliphatic hydroxyl groups excluding tert-OH is 1. The van der Waals surface area contributed by atoms with Gasteiger partial charge in [0, 0.05) is 23.6 Å². The van der Waals surface area contributed by atoms with Gasteiger partial charge in [-0.1, -0.05) is 0 Å². The first kappa shape index (κ1) is 8.50. The molecule has 2 fully saturated rings. The van der Waals surface area contributed by atoms with Crippen molar-refractivity contribution >= 4 is 0 Å². The van der Waals surface area contributed by atoms with Crippen molar-refractivity contribution in [2.24, 2.45) is 5.92 Å². The fourth-order valence-electron chi connectivity index (χ4n) is 2.91. The maximum atomic E-state index is 10.1. The van der Waals surface area contributed by atoms with Crippen LogP contribution >= 0.6 is 0 Å². The van der Waals surface area contributed by atoms with Gasteiger partial charge in [0.2, 0.25) is 0 Å². The lowest BCUT2D eigenvalue weighted by Crippen LogP contribution is -2.27. The van der Waals surface area contributed by atoms with Crippen molar-refractivity contribution < 1.29 is 9.52 Å². The molecule has 4 unspecified atom stereocenters. The third-order valence-electron chi connectivity index (χ3n) is 3.64. The molecule has 4 atom stereocenters. The van der Waals surface area contributed by atoms with Gasteiger partial charge < -0.3 is 14.8 Å². The van der Waals surface area contributed by atoms with Crippen molar-refractivity contribution in [3.8, 4) is 0 Å². The first-order valence-electron chi connectivity index (χ1n) is 5.31. The van der Waals surface area contributed by atoms with Crippen LogP contribution < -0.4 is 5.32 Å². The quantitative estimate of drug-likeness (QED) is 0.747. The molecule has 3 heterocycles. The van der Waals surface area contributed by atoms with Crippen molar-refractivity contribution in [2.75, 3.05) is 0 Å². The molecule has 3 heteroatoms. The summed E-state index contributed by atoms with van der Waals surface area (Å²) in [6.45, 7) is 0. The van der Waals surface area contributed by atoms with Gasteiger partial charge in [-0.25, -0.2) is 0 Å². The Morgan fingerprint density at radius 3 is 3.00 bits per heavy atom. The Labute approximate surface area is 83.1 Å². The third-order valence-corrected chi connectivity index (χ3v) is 3.64. The average molecular weight is 193 g/mol. The maximum Gasteiger partial charge on any atom is 0.0960 e. The molecule has 0 aliphatic carbocycles. The van der Waals surface area contributed by atoms with Gasteiger partial charge in [-0.2, -0.15) is 0 Å². The second-order valence-electron chi connectivity index (χ2n) is 4.45. The van der Waals surface area contributed by atoms with Crippen LogP contribution in [-0.2, 0) is 0 Å². The largest absolute Gasteiger partial charge is 0.472 e. The molecule has 2 aliphatic rings. The molecular weight excluding hydrogens is 178 g/mol. The van der Waals surface area contributed by atoms with Gasteiger partial charge in [-0.3, -0.25) is 0 Å². The second-order valence-corrected chi connectivity index (χ2v) is 4.45. The molecule has 14 heavy (non-hydrogen) atoms. The smallest absolute Gasteiger partial charge is 0.0960 e. The van der Waals surface area contributed by atoms with Gasteiger partial charge in [0.25, 0.3) is 0 Å². The zero-order valence-corrected chi connectivity index (χ0v) is 8.02. The topological polar surface area (TPSA) is 45.4 Å². The molecule has 0 saturated carbocycles. The van der Waals surface area contributed by atoms with Crippen LogP contribution in [-0.4, -0.2) is 17.2 Å². The van der Waals surface area contributed by atoms with Crippen molar-refractivity contribution in [3.05, 3.63) is 24.2 Å². The zero-order valence-electron chi connectivity index (χ0n) is 8.02. The lowest BCUT2D eigenvalue weighted by atomic mass is 9.83. The number of hydrogen-bond acceptors (Lipinski definition) is 3. The standard InChI is InChI=1S/C11H15NO2/c13-11(7-3-4-14-6-7)9-5-8-1-2-10(9)12-8/h3-4,6,8-13H,1-2,5H2. The van der Waals surface area contributed by atoms with E-state index in [0.29, 0.717) is 18.0 Å². The zero-order chi connectivity index (χ0) is 9.54. The van der Waals surface area contributed by atoms with Gasteiger partial charge in [0.05, 0.1) is 18.6 Å². The van der Waals surface area contributed by atoms with Crippen LogP contribution in [0.25, 0.3) is 0 Å². The van der Waals surface area contributed by atoms with Crippen LogP contribution in [0.15, 0.2) is 23.0 Å². The number of rotatable bonds is 2. The summed E-state index contributed by atoms with van der Waals surface area (Å²) in [7, 11) is 0. The lowest BCUT2D eigenvalue weighted by molar-refractivity contribution is 0.0924. The Kier molecular flexibility index (Phi) is 1.89. The fourth-order valence-corrected chi connectivity index (χ4v) is 2.91. The molecule has 0 radical (unpaired) electrons. The summed E-state index contributed by atoms with van der Waals surface area (Å²) in [5.74, 6) is 0.381. The van der Waals surface area contributed by atoms with E-state index >= 15 is 0 Å². The highest BCUT2D eigenvalue weighted by Gasteiger charge is 2.42. The molecule has 2 bridgehead atoms. The van der Waals surface area contributed by atoms with Crippen LogP contribution in [0.2, 0.25) is 0 Å². The predicted molar refractivity (Wildman–Crippen MR) is 51.7 cm³/mol. The SMILES string of the molecule is OC(c1ccoc1)C1CC2CCC1N2. The van der Waals surface area contributed by atoms with Gasteiger partial charge in [-0.15, -0.1) is 0 Å². The van der Waals surface area contributed by atoms with E-state index in [-0.39, 0.29) is 6.10 Å². The molecule has 2 N–H and O–H groups in total. The highest BCUT2D eigenvalue weighted by Crippen LogP contribution is 2.40. The summed E-state index contributed by atoms with van der Waals surface area (Å²) in [5, 5.41) is 13.7. The Balaban J connectivity index is 1.77. The van der Waals surface area contributed by atoms with Crippen molar-refractivity contribution in [3.63, 3.8) is 0 Å². The van der Waals surface area contributed by atoms with Crippen LogP contribution in [0, 0.1) is 5.92 Å². The molecule has 2 aliphatic heterocycles. The number of furan rings is 1. The maximum absolute atomic E-state index is 10.1. The summed E-state index contributed by atoms with van der Waals surface area (Å²) >= 11 is 0. The molecular formula is C11H15NO2. The molecule has 76 valence electrons. The summed E-state index contributed by atoms with van der Waals surface area (Å²) in [5.41, 5.74) is 0.921. The summed E-state index contributed by atoms with van der Waals surface area (Å²) in [6.07, 6.45) is 6.52. The number of nitrogens with one attached hydrogen (secondary N) is 1. The monoisotopic (exact) mass is 193 g/mol. The van der Waals surface area contributed by atoms with Crippen LogP contribution in [0.3, 0.4) is 0 Å². The first-order valence-corrected chi connectivity index (χ1v) is 5.31. The van der Waals surface area contributed by atoms with Crippen LogP contribution in [0.1, 0.15) is 30.9 Å². The molecule has 3 nitrogen and oxygen atoms in total. The normalized spacial score (nSPS) is 37.6. The van der Waals surface area contributed by atoms with Gasteiger partial charge in [-0.05, 0) is 25.3 Å². The number of hydrogen-bond donors (Lipinski definition) is 2. The molecule has 0 amide bonds. The van der Waals surface area contributed by atoms with E-state index in [1.807, 2.05) is 6.07 Å². The lowest BCUT2D eigenvalue weighted by Gasteiger charge is -2.24. The van der Waals surface area contributed by atoms with E-state index in [1.165, 1.54) is 12.8 Å². The number of fused-ring (bicyclic) bond motifs is 2. The Bertz CT molecular complexity index is 309. The highest BCUT2D eigenvalue weighted by molar-refractivity contribution is 5.14. The molecule has 1 aromatic heterocycles. The Hall–Kier alpha value is -0.800.